The van der Waals surface area contributed by atoms with Crippen molar-refractivity contribution in [3.63, 3.8) is 0 Å². The molecular formula is C19H29N3O3. The molecule has 2 rings (SSSR count). The van der Waals surface area contributed by atoms with Crippen LogP contribution in [0.25, 0.3) is 0 Å². The molecule has 25 heavy (non-hydrogen) atoms. The third-order valence-corrected chi connectivity index (χ3v) is 4.33. The van der Waals surface area contributed by atoms with Gasteiger partial charge in [-0.15, -0.1) is 0 Å². The first-order valence-corrected chi connectivity index (χ1v) is 9.01. The predicted octanol–water partition coefficient (Wildman–Crippen LogP) is 2.37. The number of nitrogens with two attached hydrogens (primary N) is 1. The van der Waals surface area contributed by atoms with E-state index in [1.807, 2.05) is 45.9 Å². The molecule has 1 aromatic carbocycles. The molecule has 0 saturated heterocycles. The Bertz CT molecular complexity index is 630. The summed E-state index contributed by atoms with van der Waals surface area (Å²) in [5, 5.41) is 2.86. The first-order valence-electron chi connectivity index (χ1n) is 9.01. The van der Waals surface area contributed by atoms with E-state index >= 15 is 0 Å². The normalized spacial score (nSPS) is 17.9. The average Bonchev–Trinajstić information content (AvgIpc) is 2.60. The van der Waals surface area contributed by atoms with Gasteiger partial charge in [0.25, 0.3) is 5.91 Å². The van der Waals surface area contributed by atoms with Crippen LogP contribution >= 0.6 is 0 Å². The minimum absolute atomic E-state index is 0.0107. The molecule has 2 unspecified atom stereocenters. The number of nitrogens with one attached hydrogen (secondary N) is 1. The van der Waals surface area contributed by atoms with Gasteiger partial charge in [0.1, 0.15) is 12.3 Å². The molecule has 3 N–H and O–H groups in total. The van der Waals surface area contributed by atoms with E-state index in [9.17, 15) is 9.59 Å². The number of amides is 2. The maximum Gasteiger partial charge on any atom is 0.268 e. The van der Waals surface area contributed by atoms with Crippen molar-refractivity contribution in [2.75, 3.05) is 18.0 Å². The van der Waals surface area contributed by atoms with Crippen LogP contribution in [-0.2, 0) is 9.59 Å². The van der Waals surface area contributed by atoms with E-state index in [2.05, 4.69) is 5.32 Å². The fourth-order valence-corrected chi connectivity index (χ4v) is 2.75. The highest BCUT2D eigenvalue weighted by molar-refractivity contribution is 6.03. The van der Waals surface area contributed by atoms with Gasteiger partial charge in [0.05, 0.1) is 5.69 Å². The van der Waals surface area contributed by atoms with E-state index in [-0.39, 0.29) is 24.4 Å². The Kier molecular flexibility index (Phi) is 6.42. The Morgan fingerprint density at radius 1 is 1.36 bits per heavy atom. The van der Waals surface area contributed by atoms with Gasteiger partial charge in [-0.25, -0.2) is 0 Å². The fourth-order valence-electron chi connectivity index (χ4n) is 2.75. The highest BCUT2D eigenvalue weighted by atomic mass is 16.5. The zero-order chi connectivity index (χ0) is 18.6. The first-order chi connectivity index (χ1) is 11.9. The highest BCUT2D eigenvalue weighted by Crippen LogP contribution is 2.36. The Hall–Kier alpha value is -2.08. The van der Waals surface area contributed by atoms with Crippen LogP contribution in [0, 0.1) is 5.92 Å². The third kappa shape index (κ3) is 4.51. The van der Waals surface area contributed by atoms with Crippen molar-refractivity contribution >= 4 is 17.5 Å². The van der Waals surface area contributed by atoms with E-state index in [0.29, 0.717) is 30.3 Å². The minimum atomic E-state index is -0.559. The molecule has 0 aliphatic carbocycles. The summed E-state index contributed by atoms with van der Waals surface area (Å²) in [4.78, 5) is 26.5. The molecule has 1 aromatic rings. The quantitative estimate of drug-likeness (QED) is 0.793. The molecule has 0 radical (unpaired) electrons. The lowest BCUT2D eigenvalue weighted by atomic mass is 10.0. The molecule has 138 valence electrons. The molecule has 0 bridgehead atoms. The Morgan fingerprint density at radius 2 is 2.08 bits per heavy atom. The van der Waals surface area contributed by atoms with Gasteiger partial charge in [0.15, 0.2) is 6.10 Å². The number of fused-ring (bicyclic) bond motifs is 1. The van der Waals surface area contributed by atoms with Crippen LogP contribution in [0.3, 0.4) is 0 Å². The summed E-state index contributed by atoms with van der Waals surface area (Å²) in [7, 11) is 0. The van der Waals surface area contributed by atoms with Crippen molar-refractivity contribution in [2.24, 2.45) is 11.7 Å². The zero-order valence-electron chi connectivity index (χ0n) is 15.5. The fraction of sp³-hybridized carbons (Fsp3) is 0.579. The number of anilines is 1. The van der Waals surface area contributed by atoms with Gasteiger partial charge in [0.2, 0.25) is 5.91 Å². The third-order valence-electron chi connectivity index (χ3n) is 4.33. The van der Waals surface area contributed by atoms with Gasteiger partial charge in [-0.05, 0) is 36.5 Å². The first kappa shape index (κ1) is 19.2. The van der Waals surface area contributed by atoms with Crippen LogP contribution in [-0.4, -0.2) is 31.0 Å². The molecular weight excluding hydrogens is 318 g/mol. The second kappa shape index (κ2) is 8.34. The number of rotatable bonds is 7. The SMILES string of the molecule is CCC1Oc2ccc(C(N)CC)cc2N(CC(=O)NCC(C)C)C1=O. The van der Waals surface area contributed by atoms with Crippen LogP contribution < -0.4 is 20.7 Å². The molecule has 1 heterocycles. The number of ether oxygens (including phenoxy) is 1. The van der Waals surface area contributed by atoms with E-state index in [1.165, 1.54) is 4.90 Å². The van der Waals surface area contributed by atoms with Crippen molar-refractivity contribution in [3.8, 4) is 5.75 Å². The maximum atomic E-state index is 12.7. The standard InChI is InChI=1S/C19H29N3O3/c1-5-14(20)13-7-8-17-15(9-13)22(19(24)16(6-2)25-17)11-18(23)21-10-12(3)4/h7-9,12,14,16H,5-6,10-11,20H2,1-4H3,(H,21,23). The van der Waals surface area contributed by atoms with E-state index in [0.717, 1.165) is 12.0 Å². The largest absolute Gasteiger partial charge is 0.478 e. The smallest absolute Gasteiger partial charge is 0.268 e. The van der Waals surface area contributed by atoms with Crippen molar-refractivity contribution in [3.05, 3.63) is 23.8 Å². The second-order valence-corrected chi connectivity index (χ2v) is 6.88. The number of hydrogen-bond acceptors (Lipinski definition) is 4. The second-order valence-electron chi connectivity index (χ2n) is 6.88. The van der Waals surface area contributed by atoms with Gasteiger partial charge in [-0.3, -0.25) is 14.5 Å². The summed E-state index contributed by atoms with van der Waals surface area (Å²) in [6, 6.07) is 5.52. The molecule has 0 aromatic heterocycles. The molecule has 0 saturated carbocycles. The van der Waals surface area contributed by atoms with Crippen LogP contribution in [0.2, 0.25) is 0 Å². The number of carbonyl (C=O) groups is 2. The molecule has 2 atom stereocenters. The lowest BCUT2D eigenvalue weighted by molar-refractivity contribution is -0.129. The minimum Gasteiger partial charge on any atom is -0.478 e. The van der Waals surface area contributed by atoms with Crippen LogP contribution in [0.5, 0.6) is 5.75 Å². The molecule has 0 spiro atoms. The summed E-state index contributed by atoms with van der Waals surface area (Å²) in [5.74, 6) is 0.621. The molecule has 1 aliphatic heterocycles. The Labute approximate surface area is 149 Å². The summed E-state index contributed by atoms with van der Waals surface area (Å²) >= 11 is 0. The lowest BCUT2D eigenvalue weighted by Gasteiger charge is -2.34. The van der Waals surface area contributed by atoms with Gasteiger partial charge >= 0.3 is 0 Å². The summed E-state index contributed by atoms with van der Waals surface area (Å²) in [6.45, 7) is 8.54. The van der Waals surface area contributed by atoms with Crippen LogP contribution in [0.4, 0.5) is 5.69 Å². The number of nitrogens with zero attached hydrogens (tertiary/aromatic N) is 1. The van der Waals surface area contributed by atoms with Crippen molar-refractivity contribution < 1.29 is 14.3 Å². The van der Waals surface area contributed by atoms with Gasteiger partial charge in [-0.2, -0.15) is 0 Å². The Morgan fingerprint density at radius 3 is 2.68 bits per heavy atom. The zero-order valence-corrected chi connectivity index (χ0v) is 15.5. The van der Waals surface area contributed by atoms with Gasteiger partial charge in [-0.1, -0.05) is 33.8 Å². The average molecular weight is 347 g/mol. The van der Waals surface area contributed by atoms with Gasteiger partial charge in [0, 0.05) is 12.6 Å². The predicted molar refractivity (Wildman–Crippen MR) is 98.6 cm³/mol. The molecule has 2 amide bonds. The molecule has 0 fully saturated rings. The maximum absolute atomic E-state index is 12.7. The highest BCUT2D eigenvalue weighted by Gasteiger charge is 2.34. The van der Waals surface area contributed by atoms with Crippen LogP contribution in [0.1, 0.15) is 52.1 Å². The number of benzene rings is 1. The summed E-state index contributed by atoms with van der Waals surface area (Å²) in [6.07, 6.45) is 0.787. The monoisotopic (exact) mass is 347 g/mol. The number of hydrogen-bond donors (Lipinski definition) is 2. The summed E-state index contributed by atoms with van der Waals surface area (Å²) < 4.78 is 5.81. The van der Waals surface area contributed by atoms with Crippen molar-refractivity contribution in [2.45, 2.75) is 52.7 Å². The van der Waals surface area contributed by atoms with Crippen LogP contribution in [0.15, 0.2) is 18.2 Å². The van der Waals surface area contributed by atoms with E-state index < -0.39 is 6.10 Å². The molecule has 6 nitrogen and oxygen atoms in total. The van der Waals surface area contributed by atoms with Crippen molar-refractivity contribution in [1.82, 2.24) is 5.32 Å². The van der Waals surface area contributed by atoms with E-state index in [4.69, 9.17) is 10.5 Å². The Balaban J connectivity index is 2.30. The molecule has 6 heteroatoms. The summed E-state index contributed by atoms with van der Waals surface area (Å²) in [5.41, 5.74) is 7.67. The molecule has 1 aliphatic rings. The number of carbonyl (C=O) groups excluding carboxylic acids is 2. The van der Waals surface area contributed by atoms with Crippen molar-refractivity contribution in [1.29, 1.82) is 0 Å². The lowest BCUT2D eigenvalue weighted by Crippen LogP contribution is -2.50. The van der Waals surface area contributed by atoms with Gasteiger partial charge < -0.3 is 15.8 Å². The van der Waals surface area contributed by atoms with E-state index in [1.54, 1.807) is 0 Å². The topological polar surface area (TPSA) is 84.7 Å².